The maximum absolute atomic E-state index is 14.0. The molecule has 0 atom stereocenters. The van der Waals surface area contributed by atoms with Crippen LogP contribution in [0.15, 0.2) is 30.3 Å². The van der Waals surface area contributed by atoms with Gasteiger partial charge in [0.2, 0.25) is 5.82 Å². The van der Waals surface area contributed by atoms with Crippen molar-refractivity contribution in [3.63, 3.8) is 0 Å². The van der Waals surface area contributed by atoms with Crippen LogP contribution < -0.4 is 10.1 Å². The minimum Gasteiger partial charge on any atom is -0.530 e. The molecule has 0 saturated carbocycles. The Bertz CT molecular complexity index is 1030. The number of fused-ring (bicyclic) bond motifs is 1. The molecule has 3 aromatic rings. The zero-order chi connectivity index (χ0) is 19.2. The Balaban J connectivity index is 2.15. The first-order chi connectivity index (χ1) is 12.2. The standard InChI is InChI=1S/C16H6BF7O2/c18-8-3-1-2-6-10(8)13(22)14(23)15(24)16(6)26-17(25)7-4-5-9(19)12(21)11(7)20/h1-5,25H. The molecule has 0 aliphatic heterocycles. The van der Waals surface area contributed by atoms with Gasteiger partial charge in [0, 0.05) is 10.8 Å². The van der Waals surface area contributed by atoms with Gasteiger partial charge in [0.1, 0.15) is 11.6 Å². The summed E-state index contributed by atoms with van der Waals surface area (Å²) in [7, 11) is -2.42. The van der Waals surface area contributed by atoms with Gasteiger partial charge in [0.25, 0.3) is 0 Å². The first-order valence-electron chi connectivity index (χ1n) is 6.96. The van der Waals surface area contributed by atoms with Crippen molar-refractivity contribution in [1.82, 2.24) is 0 Å². The van der Waals surface area contributed by atoms with Crippen LogP contribution in [0.5, 0.6) is 5.75 Å². The monoisotopic (exact) mass is 374 g/mol. The number of benzene rings is 3. The fourth-order valence-corrected chi connectivity index (χ4v) is 2.38. The summed E-state index contributed by atoms with van der Waals surface area (Å²) in [4.78, 5) is 0. The topological polar surface area (TPSA) is 29.5 Å². The third kappa shape index (κ3) is 2.76. The second-order valence-electron chi connectivity index (χ2n) is 5.17. The largest absolute Gasteiger partial charge is 0.563 e. The second-order valence-corrected chi connectivity index (χ2v) is 5.17. The van der Waals surface area contributed by atoms with Crippen LogP contribution in [0.1, 0.15) is 0 Å². The summed E-state index contributed by atoms with van der Waals surface area (Å²) < 4.78 is 99.9. The Labute approximate surface area is 141 Å². The van der Waals surface area contributed by atoms with Gasteiger partial charge in [-0.05, 0) is 12.1 Å². The lowest BCUT2D eigenvalue weighted by atomic mass is 9.78. The number of halogens is 7. The quantitative estimate of drug-likeness (QED) is 0.432. The number of hydrogen-bond acceptors (Lipinski definition) is 2. The molecular weight excluding hydrogens is 368 g/mol. The molecule has 26 heavy (non-hydrogen) atoms. The highest BCUT2D eigenvalue weighted by Crippen LogP contribution is 2.35. The zero-order valence-electron chi connectivity index (χ0n) is 12.5. The van der Waals surface area contributed by atoms with Crippen LogP contribution in [0.25, 0.3) is 10.8 Å². The van der Waals surface area contributed by atoms with E-state index in [0.717, 1.165) is 18.2 Å². The van der Waals surface area contributed by atoms with Crippen LogP contribution in [-0.4, -0.2) is 12.1 Å². The van der Waals surface area contributed by atoms with E-state index in [2.05, 4.69) is 4.65 Å². The number of rotatable bonds is 3. The first kappa shape index (κ1) is 18.1. The van der Waals surface area contributed by atoms with E-state index >= 15 is 0 Å². The Morgan fingerprint density at radius 2 is 1.38 bits per heavy atom. The SMILES string of the molecule is OB(Oc1c(F)c(F)c(F)c2c(F)cccc12)c1ccc(F)c(F)c1F. The second kappa shape index (κ2) is 6.52. The molecule has 0 unspecified atom stereocenters. The van der Waals surface area contributed by atoms with Crippen molar-refractivity contribution >= 4 is 23.4 Å². The van der Waals surface area contributed by atoms with Gasteiger partial charge in [0.05, 0.1) is 5.39 Å². The van der Waals surface area contributed by atoms with Crippen molar-refractivity contribution in [3.8, 4) is 5.75 Å². The van der Waals surface area contributed by atoms with Gasteiger partial charge in [-0.25, -0.2) is 26.3 Å². The molecule has 0 bridgehead atoms. The van der Waals surface area contributed by atoms with Gasteiger partial charge >= 0.3 is 7.12 Å². The van der Waals surface area contributed by atoms with Gasteiger partial charge in [-0.2, -0.15) is 4.39 Å². The Hall–Kier alpha value is -2.75. The van der Waals surface area contributed by atoms with Crippen LogP contribution >= 0.6 is 0 Å². The lowest BCUT2D eigenvalue weighted by molar-refractivity contribution is 0.388. The summed E-state index contributed by atoms with van der Waals surface area (Å²) in [6.07, 6.45) is 0. The maximum Gasteiger partial charge on any atom is 0.563 e. The van der Waals surface area contributed by atoms with E-state index in [0.29, 0.717) is 12.1 Å². The summed E-state index contributed by atoms with van der Waals surface area (Å²) in [5.74, 6) is -13.5. The van der Waals surface area contributed by atoms with Crippen molar-refractivity contribution in [1.29, 1.82) is 0 Å². The van der Waals surface area contributed by atoms with E-state index in [9.17, 15) is 35.8 Å². The molecule has 0 aromatic heterocycles. The van der Waals surface area contributed by atoms with E-state index in [-0.39, 0.29) is 0 Å². The van der Waals surface area contributed by atoms with Gasteiger partial charge in [-0.15, -0.1) is 0 Å². The molecule has 1 N–H and O–H groups in total. The Kier molecular flexibility index (Phi) is 4.53. The molecule has 0 amide bonds. The minimum absolute atomic E-state index is 0.472. The van der Waals surface area contributed by atoms with Gasteiger partial charge in [0.15, 0.2) is 29.1 Å². The normalized spacial score (nSPS) is 11.1. The van der Waals surface area contributed by atoms with Crippen LogP contribution in [0.4, 0.5) is 30.7 Å². The molecule has 134 valence electrons. The fourth-order valence-electron chi connectivity index (χ4n) is 2.38. The summed E-state index contributed by atoms with van der Waals surface area (Å²) in [6, 6.07) is 3.86. The average Bonchev–Trinajstić information content (AvgIpc) is 2.61. The van der Waals surface area contributed by atoms with Crippen LogP contribution in [0, 0.1) is 40.7 Å². The highest BCUT2D eigenvalue weighted by Gasteiger charge is 2.31. The van der Waals surface area contributed by atoms with Crippen molar-refractivity contribution in [2.45, 2.75) is 0 Å². The van der Waals surface area contributed by atoms with E-state index in [1.165, 1.54) is 0 Å². The molecule has 0 saturated heterocycles. The van der Waals surface area contributed by atoms with Crippen LogP contribution in [0.3, 0.4) is 0 Å². The highest BCUT2D eigenvalue weighted by atomic mass is 19.2. The Morgan fingerprint density at radius 1 is 0.692 bits per heavy atom. The van der Waals surface area contributed by atoms with Crippen molar-refractivity contribution in [2.24, 2.45) is 0 Å². The predicted molar refractivity (Wildman–Crippen MR) is 78.3 cm³/mol. The zero-order valence-corrected chi connectivity index (χ0v) is 12.5. The number of hydrogen-bond donors (Lipinski definition) is 1. The molecular formula is C16H6BF7O2. The molecule has 0 aliphatic carbocycles. The highest BCUT2D eigenvalue weighted by molar-refractivity contribution is 6.60. The van der Waals surface area contributed by atoms with Crippen LogP contribution in [0.2, 0.25) is 0 Å². The van der Waals surface area contributed by atoms with E-state index in [1.54, 1.807) is 0 Å². The van der Waals surface area contributed by atoms with Crippen molar-refractivity contribution < 1.29 is 40.4 Å². The van der Waals surface area contributed by atoms with E-state index < -0.39 is 69.8 Å². The van der Waals surface area contributed by atoms with Crippen molar-refractivity contribution in [2.75, 3.05) is 0 Å². The molecule has 2 nitrogen and oxygen atoms in total. The molecule has 0 radical (unpaired) electrons. The smallest absolute Gasteiger partial charge is 0.530 e. The summed E-state index contributed by atoms with van der Waals surface area (Å²) >= 11 is 0. The third-order valence-corrected chi connectivity index (χ3v) is 3.62. The third-order valence-electron chi connectivity index (χ3n) is 3.62. The average molecular weight is 374 g/mol. The minimum atomic E-state index is -2.42. The summed E-state index contributed by atoms with van der Waals surface area (Å²) in [5.41, 5.74) is -0.933. The molecule has 3 rings (SSSR count). The van der Waals surface area contributed by atoms with Gasteiger partial charge in [-0.3, -0.25) is 0 Å². The molecule has 0 fully saturated rings. The lowest BCUT2D eigenvalue weighted by Gasteiger charge is -2.15. The van der Waals surface area contributed by atoms with Gasteiger partial charge < -0.3 is 9.68 Å². The predicted octanol–water partition coefficient (Wildman–Crippen LogP) is 3.58. The first-order valence-corrected chi connectivity index (χ1v) is 6.96. The molecule has 0 aliphatic rings. The fraction of sp³-hybridized carbons (Fsp3) is 0. The van der Waals surface area contributed by atoms with Crippen LogP contribution in [-0.2, 0) is 0 Å². The molecule has 0 heterocycles. The summed E-state index contributed by atoms with van der Waals surface area (Å²) in [5, 5.41) is 8.30. The summed E-state index contributed by atoms with van der Waals surface area (Å²) in [6.45, 7) is 0. The lowest BCUT2D eigenvalue weighted by Crippen LogP contribution is -2.40. The molecule has 0 spiro atoms. The Morgan fingerprint density at radius 3 is 2.08 bits per heavy atom. The van der Waals surface area contributed by atoms with E-state index in [1.807, 2.05) is 0 Å². The molecule has 3 aromatic carbocycles. The van der Waals surface area contributed by atoms with Gasteiger partial charge in [-0.1, -0.05) is 18.2 Å². The van der Waals surface area contributed by atoms with Crippen molar-refractivity contribution in [3.05, 3.63) is 71.1 Å². The molecule has 10 heteroatoms. The maximum atomic E-state index is 14.0. The van der Waals surface area contributed by atoms with E-state index in [4.69, 9.17) is 0 Å².